The zero-order valence-electron chi connectivity index (χ0n) is 9.11. The number of anilines is 1. The summed E-state index contributed by atoms with van der Waals surface area (Å²) >= 11 is 5.88. The molecule has 0 aliphatic heterocycles. The van der Waals surface area contributed by atoms with Crippen LogP contribution in [0.1, 0.15) is 20.8 Å². The molecule has 0 aliphatic carbocycles. The Bertz CT molecular complexity index is 609. The van der Waals surface area contributed by atoms with Gasteiger partial charge in [0.15, 0.2) is 5.82 Å². The molecule has 4 N–H and O–H groups in total. The van der Waals surface area contributed by atoms with Gasteiger partial charge >= 0.3 is 0 Å². The summed E-state index contributed by atoms with van der Waals surface area (Å²) in [5.74, 6) is -0.863. The summed E-state index contributed by atoms with van der Waals surface area (Å²) in [5, 5.41) is 8.97. The molecular weight excluding hydrogens is 256 g/mol. The van der Waals surface area contributed by atoms with Gasteiger partial charge in [0.05, 0.1) is 10.6 Å². The Hall–Kier alpha value is -2.34. The molecule has 6 nitrogen and oxygen atoms in total. The average molecular weight is 265 g/mol. The number of aromatic amines is 1. The summed E-state index contributed by atoms with van der Waals surface area (Å²) in [7, 11) is 0. The normalized spacial score (nSPS) is 10.1. The topological polar surface area (TPSA) is 101 Å². The highest BCUT2D eigenvalue weighted by Gasteiger charge is 2.12. The van der Waals surface area contributed by atoms with Crippen LogP contribution >= 0.6 is 11.6 Å². The van der Waals surface area contributed by atoms with Crippen molar-refractivity contribution in [3.05, 3.63) is 46.6 Å². The molecule has 0 unspecified atom stereocenters. The molecule has 7 heteroatoms. The minimum atomic E-state index is -0.652. The molecule has 0 fully saturated rings. The molecule has 0 saturated carbocycles. The number of rotatable bonds is 3. The molecule has 0 atom stereocenters. The Kier molecular flexibility index (Phi) is 3.29. The van der Waals surface area contributed by atoms with Gasteiger partial charge in [-0.25, -0.2) is 0 Å². The lowest BCUT2D eigenvalue weighted by atomic mass is 10.2. The molecule has 1 aromatic carbocycles. The van der Waals surface area contributed by atoms with Crippen molar-refractivity contribution in [2.75, 3.05) is 5.32 Å². The van der Waals surface area contributed by atoms with Crippen LogP contribution in [0.2, 0.25) is 5.02 Å². The van der Waals surface area contributed by atoms with Crippen LogP contribution in [-0.2, 0) is 0 Å². The standard InChI is InChI=1S/C11H9ClN4O2/c12-7-4-2-1-3-6(7)11(18)14-9-5-8(10(13)17)15-16-9/h1-5H,(H2,13,17)(H2,14,15,16,18). The van der Waals surface area contributed by atoms with Gasteiger partial charge in [-0.2, -0.15) is 5.10 Å². The molecule has 2 aromatic rings. The van der Waals surface area contributed by atoms with Crippen LogP contribution in [0.3, 0.4) is 0 Å². The maximum absolute atomic E-state index is 11.8. The van der Waals surface area contributed by atoms with E-state index in [0.29, 0.717) is 10.6 Å². The number of primary amides is 1. The highest BCUT2D eigenvalue weighted by atomic mass is 35.5. The van der Waals surface area contributed by atoms with Crippen LogP contribution in [0.25, 0.3) is 0 Å². The lowest BCUT2D eigenvalue weighted by Crippen LogP contribution is -2.13. The number of carbonyl (C=O) groups is 2. The quantitative estimate of drug-likeness (QED) is 0.781. The smallest absolute Gasteiger partial charge is 0.266 e. The summed E-state index contributed by atoms with van der Waals surface area (Å²) in [4.78, 5) is 22.7. The second-order valence-electron chi connectivity index (χ2n) is 3.47. The monoisotopic (exact) mass is 264 g/mol. The van der Waals surface area contributed by atoms with Gasteiger partial charge in [0, 0.05) is 6.07 Å². The van der Waals surface area contributed by atoms with Crippen molar-refractivity contribution in [3.8, 4) is 0 Å². The van der Waals surface area contributed by atoms with Crippen molar-refractivity contribution in [1.29, 1.82) is 0 Å². The number of benzene rings is 1. The SMILES string of the molecule is NC(=O)c1cc(NC(=O)c2ccccc2Cl)n[nH]1. The van der Waals surface area contributed by atoms with Crippen molar-refractivity contribution >= 4 is 29.2 Å². The molecule has 0 aliphatic rings. The molecule has 18 heavy (non-hydrogen) atoms. The van der Waals surface area contributed by atoms with E-state index >= 15 is 0 Å². The van der Waals surface area contributed by atoms with E-state index in [1.807, 2.05) is 0 Å². The fraction of sp³-hybridized carbons (Fsp3) is 0. The number of carbonyl (C=O) groups excluding carboxylic acids is 2. The van der Waals surface area contributed by atoms with Crippen molar-refractivity contribution in [2.24, 2.45) is 5.73 Å². The molecule has 0 bridgehead atoms. The van der Waals surface area contributed by atoms with E-state index in [1.54, 1.807) is 24.3 Å². The Morgan fingerprint density at radius 2 is 2.06 bits per heavy atom. The number of nitrogens with zero attached hydrogens (tertiary/aromatic N) is 1. The number of nitrogens with two attached hydrogens (primary N) is 1. The first kappa shape index (κ1) is 12.1. The third-order valence-corrected chi connectivity index (χ3v) is 2.53. The van der Waals surface area contributed by atoms with Crippen molar-refractivity contribution in [1.82, 2.24) is 10.2 Å². The van der Waals surface area contributed by atoms with Gasteiger partial charge in [0.2, 0.25) is 0 Å². The van der Waals surface area contributed by atoms with Gasteiger partial charge in [-0.3, -0.25) is 14.7 Å². The zero-order chi connectivity index (χ0) is 13.1. The van der Waals surface area contributed by atoms with E-state index < -0.39 is 11.8 Å². The summed E-state index contributed by atoms with van der Waals surface area (Å²) < 4.78 is 0. The van der Waals surface area contributed by atoms with Crippen molar-refractivity contribution in [2.45, 2.75) is 0 Å². The fourth-order valence-electron chi connectivity index (χ4n) is 1.34. The van der Waals surface area contributed by atoms with Crippen molar-refractivity contribution < 1.29 is 9.59 Å². The predicted octanol–water partition coefficient (Wildman–Crippen LogP) is 1.41. The van der Waals surface area contributed by atoms with E-state index in [0.717, 1.165) is 0 Å². The Balaban J connectivity index is 2.16. The van der Waals surface area contributed by atoms with Gasteiger partial charge in [-0.1, -0.05) is 23.7 Å². The van der Waals surface area contributed by atoms with Gasteiger partial charge in [0.1, 0.15) is 5.69 Å². The van der Waals surface area contributed by atoms with Gasteiger partial charge in [0.25, 0.3) is 11.8 Å². The molecule has 1 heterocycles. The number of hydrogen-bond acceptors (Lipinski definition) is 3. The molecule has 92 valence electrons. The number of hydrogen-bond donors (Lipinski definition) is 3. The third-order valence-electron chi connectivity index (χ3n) is 2.20. The highest BCUT2D eigenvalue weighted by molar-refractivity contribution is 6.34. The fourth-order valence-corrected chi connectivity index (χ4v) is 1.56. The Morgan fingerprint density at radius 3 is 2.67 bits per heavy atom. The number of aromatic nitrogens is 2. The summed E-state index contributed by atoms with van der Waals surface area (Å²) in [6.45, 7) is 0. The summed E-state index contributed by atoms with van der Waals surface area (Å²) in [5.41, 5.74) is 5.49. The molecule has 0 spiro atoms. The van der Waals surface area contributed by atoms with Crippen LogP contribution in [0.15, 0.2) is 30.3 Å². The number of halogens is 1. The Labute approximate surface area is 107 Å². The lowest BCUT2D eigenvalue weighted by molar-refractivity contribution is 0.0993. The second-order valence-corrected chi connectivity index (χ2v) is 3.87. The lowest BCUT2D eigenvalue weighted by Gasteiger charge is -2.03. The van der Waals surface area contributed by atoms with Crippen LogP contribution in [-0.4, -0.2) is 22.0 Å². The zero-order valence-corrected chi connectivity index (χ0v) is 9.86. The van der Waals surface area contributed by atoms with Crippen LogP contribution in [0.5, 0.6) is 0 Å². The second kappa shape index (κ2) is 4.89. The molecule has 2 amide bonds. The Morgan fingerprint density at radius 1 is 1.33 bits per heavy atom. The third kappa shape index (κ3) is 2.49. The summed E-state index contributed by atoms with van der Waals surface area (Å²) in [6, 6.07) is 7.95. The highest BCUT2D eigenvalue weighted by Crippen LogP contribution is 2.16. The van der Waals surface area contributed by atoms with Crippen molar-refractivity contribution in [3.63, 3.8) is 0 Å². The number of H-pyrrole nitrogens is 1. The van der Waals surface area contributed by atoms with E-state index in [-0.39, 0.29) is 11.5 Å². The minimum absolute atomic E-state index is 0.115. The number of amides is 2. The maximum atomic E-state index is 11.8. The molecule has 1 aromatic heterocycles. The average Bonchev–Trinajstić information content (AvgIpc) is 2.78. The van der Waals surface area contributed by atoms with Gasteiger partial charge in [-0.15, -0.1) is 0 Å². The van der Waals surface area contributed by atoms with Gasteiger partial charge < -0.3 is 11.1 Å². The van der Waals surface area contributed by atoms with Crippen LogP contribution < -0.4 is 11.1 Å². The van der Waals surface area contributed by atoms with E-state index in [4.69, 9.17) is 17.3 Å². The number of nitrogens with one attached hydrogen (secondary N) is 2. The van der Waals surface area contributed by atoms with Gasteiger partial charge in [-0.05, 0) is 12.1 Å². The molecule has 0 radical (unpaired) electrons. The maximum Gasteiger partial charge on any atom is 0.266 e. The first-order chi connectivity index (χ1) is 8.58. The van der Waals surface area contributed by atoms with E-state index in [9.17, 15) is 9.59 Å². The first-order valence-electron chi connectivity index (χ1n) is 4.99. The minimum Gasteiger partial charge on any atom is -0.364 e. The molecular formula is C11H9ClN4O2. The summed E-state index contributed by atoms with van der Waals surface area (Å²) in [6.07, 6.45) is 0. The molecule has 2 rings (SSSR count). The first-order valence-corrected chi connectivity index (χ1v) is 5.37. The largest absolute Gasteiger partial charge is 0.364 e. The van der Waals surface area contributed by atoms with Crippen LogP contribution in [0, 0.1) is 0 Å². The van der Waals surface area contributed by atoms with E-state index in [2.05, 4.69) is 15.5 Å². The molecule has 0 saturated heterocycles. The predicted molar refractivity (Wildman–Crippen MR) is 66.5 cm³/mol. The van der Waals surface area contributed by atoms with Crippen LogP contribution in [0.4, 0.5) is 5.82 Å². The van der Waals surface area contributed by atoms with E-state index in [1.165, 1.54) is 6.07 Å².